The Morgan fingerprint density at radius 1 is 1.37 bits per heavy atom. The van der Waals surface area contributed by atoms with Crippen LogP contribution in [0.15, 0.2) is 6.33 Å². The molecule has 1 aromatic rings. The van der Waals surface area contributed by atoms with E-state index in [0.717, 1.165) is 50.9 Å². The number of ether oxygens (including phenoxy) is 1. The Hall–Kier alpha value is -0.940. The first kappa shape index (κ1) is 14.5. The van der Waals surface area contributed by atoms with Crippen LogP contribution in [0.3, 0.4) is 0 Å². The Kier molecular flexibility index (Phi) is 5.34. The molecular weight excluding hydrogens is 240 g/mol. The molecule has 1 aliphatic rings. The largest absolute Gasteiger partial charge is 0.381 e. The molecular formula is C14H26N4O. The van der Waals surface area contributed by atoms with Gasteiger partial charge in [0.15, 0.2) is 0 Å². The smallest absolute Gasteiger partial charge is 0.140 e. The summed E-state index contributed by atoms with van der Waals surface area (Å²) in [4.78, 5) is 4.35. The summed E-state index contributed by atoms with van der Waals surface area (Å²) in [5, 5.41) is 7.88. The van der Waals surface area contributed by atoms with Crippen LogP contribution in [0.2, 0.25) is 0 Å². The highest BCUT2D eigenvalue weighted by molar-refractivity contribution is 4.86. The second-order valence-electron chi connectivity index (χ2n) is 5.87. The summed E-state index contributed by atoms with van der Waals surface area (Å²) in [6, 6.07) is 0.508. The second-order valence-corrected chi connectivity index (χ2v) is 5.87. The fraction of sp³-hybridized carbons (Fsp3) is 0.857. The van der Waals surface area contributed by atoms with E-state index in [9.17, 15) is 0 Å². The van der Waals surface area contributed by atoms with E-state index in [1.165, 1.54) is 0 Å². The molecule has 0 saturated carbocycles. The van der Waals surface area contributed by atoms with Gasteiger partial charge in [-0.3, -0.25) is 0 Å². The van der Waals surface area contributed by atoms with Crippen LogP contribution in [0.1, 0.15) is 39.4 Å². The third-order valence-electron chi connectivity index (χ3n) is 3.79. The van der Waals surface area contributed by atoms with Crippen molar-refractivity contribution in [2.24, 2.45) is 11.8 Å². The monoisotopic (exact) mass is 266 g/mol. The van der Waals surface area contributed by atoms with Crippen molar-refractivity contribution >= 4 is 0 Å². The lowest BCUT2D eigenvalue weighted by Crippen LogP contribution is -2.37. The molecule has 0 aromatic carbocycles. The molecule has 5 nitrogen and oxygen atoms in total. The van der Waals surface area contributed by atoms with Gasteiger partial charge >= 0.3 is 0 Å². The Balaban J connectivity index is 1.82. The molecule has 0 amide bonds. The summed E-state index contributed by atoms with van der Waals surface area (Å²) >= 11 is 0. The molecule has 108 valence electrons. The van der Waals surface area contributed by atoms with Crippen molar-refractivity contribution in [3.63, 3.8) is 0 Å². The molecule has 0 radical (unpaired) electrons. The van der Waals surface area contributed by atoms with Gasteiger partial charge in [0.05, 0.1) is 6.54 Å². The fourth-order valence-electron chi connectivity index (χ4n) is 2.56. The van der Waals surface area contributed by atoms with Crippen LogP contribution in [-0.2, 0) is 17.8 Å². The van der Waals surface area contributed by atoms with Gasteiger partial charge in [-0.05, 0) is 31.6 Å². The van der Waals surface area contributed by atoms with Gasteiger partial charge in [-0.1, -0.05) is 13.8 Å². The van der Waals surface area contributed by atoms with Crippen LogP contribution in [0.25, 0.3) is 0 Å². The molecule has 2 heterocycles. The molecule has 0 spiro atoms. The first-order valence-electron chi connectivity index (χ1n) is 7.34. The number of nitrogens with zero attached hydrogens (tertiary/aromatic N) is 3. The van der Waals surface area contributed by atoms with E-state index in [-0.39, 0.29) is 0 Å². The molecule has 0 bridgehead atoms. The zero-order valence-electron chi connectivity index (χ0n) is 12.3. The molecule has 1 aliphatic heterocycles. The molecule has 1 aromatic heterocycles. The second kappa shape index (κ2) is 7.01. The number of aromatic nitrogens is 3. The number of hydrogen-bond acceptors (Lipinski definition) is 4. The van der Waals surface area contributed by atoms with Crippen LogP contribution in [-0.4, -0.2) is 34.0 Å². The highest BCUT2D eigenvalue weighted by Crippen LogP contribution is 2.18. The number of nitrogens with one attached hydrogen (secondary N) is 1. The molecule has 5 heteroatoms. The Morgan fingerprint density at radius 3 is 2.79 bits per heavy atom. The Bertz CT molecular complexity index is 371. The minimum Gasteiger partial charge on any atom is -0.381 e. The molecule has 1 atom stereocenters. The summed E-state index contributed by atoms with van der Waals surface area (Å²) in [5.41, 5.74) is 0. The standard InChI is InChI=1S/C14H26N4O/c1-11(2)9-18-14(16-10-17-18)8-15-12(3)13-4-6-19-7-5-13/h10-13,15H,4-9H2,1-3H3. The van der Waals surface area contributed by atoms with Crippen molar-refractivity contribution in [3.05, 3.63) is 12.2 Å². The average molecular weight is 266 g/mol. The predicted octanol–water partition coefficient (Wildman–Crippen LogP) is 1.84. The number of rotatable bonds is 6. The Morgan fingerprint density at radius 2 is 2.11 bits per heavy atom. The molecule has 1 N–H and O–H groups in total. The molecule has 1 unspecified atom stereocenters. The zero-order chi connectivity index (χ0) is 13.7. The van der Waals surface area contributed by atoms with Crippen molar-refractivity contribution in [2.75, 3.05) is 13.2 Å². The van der Waals surface area contributed by atoms with Gasteiger partial charge in [-0.25, -0.2) is 9.67 Å². The van der Waals surface area contributed by atoms with Crippen molar-refractivity contribution in [1.82, 2.24) is 20.1 Å². The van der Waals surface area contributed by atoms with E-state index < -0.39 is 0 Å². The summed E-state index contributed by atoms with van der Waals surface area (Å²) in [6.45, 7) is 10.2. The quantitative estimate of drug-likeness (QED) is 0.853. The SMILES string of the molecule is CC(C)Cn1ncnc1CNC(C)C1CCOCC1. The van der Waals surface area contributed by atoms with Crippen molar-refractivity contribution in [1.29, 1.82) is 0 Å². The summed E-state index contributed by atoms with van der Waals surface area (Å²) in [5.74, 6) is 2.34. The fourth-order valence-corrected chi connectivity index (χ4v) is 2.56. The summed E-state index contributed by atoms with van der Waals surface area (Å²) in [7, 11) is 0. The van der Waals surface area contributed by atoms with E-state index in [0.29, 0.717) is 12.0 Å². The topological polar surface area (TPSA) is 52.0 Å². The minimum absolute atomic E-state index is 0.508. The van der Waals surface area contributed by atoms with Crippen LogP contribution in [0.4, 0.5) is 0 Å². The third kappa shape index (κ3) is 4.28. The van der Waals surface area contributed by atoms with Crippen molar-refractivity contribution in [3.8, 4) is 0 Å². The molecule has 19 heavy (non-hydrogen) atoms. The van der Waals surface area contributed by atoms with Crippen LogP contribution in [0, 0.1) is 11.8 Å². The normalized spacial score (nSPS) is 18.9. The lowest BCUT2D eigenvalue weighted by atomic mass is 9.93. The average Bonchev–Trinajstić information content (AvgIpc) is 2.83. The Labute approximate surface area is 115 Å². The summed E-state index contributed by atoms with van der Waals surface area (Å²) in [6.07, 6.45) is 3.97. The van der Waals surface area contributed by atoms with Gasteiger partial charge in [0, 0.05) is 25.8 Å². The lowest BCUT2D eigenvalue weighted by molar-refractivity contribution is 0.0556. The van der Waals surface area contributed by atoms with E-state index in [2.05, 4.69) is 36.2 Å². The van der Waals surface area contributed by atoms with E-state index in [1.807, 2.05) is 4.68 Å². The maximum atomic E-state index is 5.41. The molecule has 1 fully saturated rings. The third-order valence-corrected chi connectivity index (χ3v) is 3.79. The van der Waals surface area contributed by atoms with Gasteiger partial charge in [-0.2, -0.15) is 5.10 Å². The van der Waals surface area contributed by atoms with Crippen molar-refractivity contribution < 1.29 is 4.74 Å². The first-order valence-corrected chi connectivity index (χ1v) is 7.34. The highest BCUT2D eigenvalue weighted by atomic mass is 16.5. The van der Waals surface area contributed by atoms with E-state index in [4.69, 9.17) is 4.74 Å². The van der Waals surface area contributed by atoms with Gasteiger partial charge in [-0.15, -0.1) is 0 Å². The van der Waals surface area contributed by atoms with Gasteiger partial charge in [0.2, 0.25) is 0 Å². The molecule has 0 aliphatic carbocycles. The summed E-state index contributed by atoms with van der Waals surface area (Å²) < 4.78 is 7.42. The van der Waals surface area contributed by atoms with Crippen LogP contribution in [0.5, 0.6) is 0 Å². The maximum Gasteiger partial charge on any atom is 0.140 e. The highest BCUT2D eigenvalue weighted by Gasteiger charge is 2.20. The lowest BCUT2D eigenvalue weighted by Gasteiger charge is -2.28. The minimum atomic E-state index is 0.508. The van der Waals surface area contributed by atoms with Gasteiger partial charge in [0.1, 0.15) is 12.2 Å². The predicted molar refractivity (Wildman–Crippen MR) is 74.7 cm³/mol. The first-order chi connectivity index (χ1) is 9.16. The van der Waals surface area contributed by atoms with Crippen molar-refractivity contribution in [2.45, 2.75) is 52.7 Å². The zero-order valence-corrected chi connectivity index (χ0v) is 12.3. The maximum absolute atomic E-state index is 5.41. The van der Waals surface area contributed by atoms with E-state index >= 15 is 0 Å². The van der Waals surface area contributed by atoms with Gasteiger partial charge < -0.3 is 10.1 Å². The van der Waals surface area contributed by atoms with Crippen LogP contribution < -0.4 is 5.32 Å². The molecule has 1 saturated heterocycles. The van der Waals surface area contributed by atoms with Crippen LogP contribution >= 0.6 is 0 Å². The van der Waals surface area contributed by atoms with Gasteiger partial charge in [0.25, 0.3) is 0 Å². The molecule has 2 rings (SSSR count). The number of hydrogen-bond donors (Lipinski definition) is 1. The van der Waals surface area contributed by atoms with E-state index in [1.54, 1.807) is 6.33 Å².